The molecule has 0 spiro atoms. The molecule has 3 N–H and O–H groups in total. The predicted molar refractivity (Wildman–Crippen MR) is 144 cm³/mol. The minimum Gasteiger partial charge on any atom is -0.459 e. The summed E-state index contributed by atoms with van der Waals surface area (Å²) in [6.45, 7) is 17.9. The highest BCUT2D eigenvalue weighted by atomic mass is 16.6. The van der Waals surface area contributed by atoms with E-state index in [0.29, 0.717) is 47.8 Å². The maximum Gasteiger partial charge on any atom is 0.303 e. The average molecular weight is 517 g/mol. The van der Waals surface area contributed by atoms with Gasteiger partial charge in [-0.2, -0.15) is 0 Å². The molecule has 5 aliphatic carbocycles. The monoisotopic (exact) mass is 516 g/mol. The van der Waals surface area contributed by atoms with Crippen LogP contribution in [0.2, 0.25) is 0 Å². The Morgan fingerprint density at radius 1 is 1.03 bits per heavy atom. The van der Waals surface area contributed by atoms with Crippen LogP contribution in [0.1, 0.15) is 93.9 Å². The van der Waals surface area contributed by atoms with Crippen molar-refractivity contribution in [2.24, 2.45) is 63.6 Å². The minimum atomic E-state index is -0.832. The van der Waals surface area contributed by atoms with Crippen molar-refractivity contribution >= 4 is 5.97 Å². The van der Waals surface area contributed by atoms with Gasteiger partial charge in [-0.1, -0.05) is 60.1 Å². The van der Waals surface area contributed by atoms with Crippen LogP contribution < -0.4 is 0 Å². The van der Waals surface area contributed by atoms with Gasteiger partial charge in [-0.3, -0.25) is 4.79 Å². The fraction of sp³-hybridized carbons (Fsp3) is 0.906. The van der Waals surface area contributed by atoms with Crippen molar-refractivity contribution in [3.05, 3.63) is 11.6 Å². The molecule has 0 aromatic heterocycles. The van der Waals surface area contributed by atoms with Crippen molar-refractivity contribution in [3.63, 3.8) is 0 Å². The van der Waals surface area contributed by atoms with Crippen LogP contribution in [-0.4, -0.2) is 45.7 Å². The highest BCUT2D eigenvalue weighted by molar-refractivity contribution is 5.66. The Kier molecular flexibility index (Phi) is 6.77. The molecule has 0 aromatic rings. The third kappa shape index (κ3) is 3.91. The summed E-state index contributed by atoms with van der Waals surface area (Å²) >= 11 is 0. The van der Waals surface area contributed by atoms with E-state index in [1.165, 1.54) is 13.3 Å². The first-order valence-corrected chi connectivity index (χ1v) is 15.1. The molecule has 0 radical (unpaired) electrons. The van der Waals surface area contributed by atoms with Gasteiger partial charge in [0.15, 0.2) is 0 Å². The van der Waals surface area contributed by atoms with Gasteiger partial charge in [0.05, 0.1) is 18.3 Å². The van der Waals surface area contributed by atoms with E-state index >= 15 is 0 Å². The van der Waals surface area contributed by atoms with Crippen LogP contribution in [0.15, 0.2) is 11.6 Å². The standard InChI is InChI=1S/C32H52O5/c1-16(2)18(4)31(7)15-24(31)17(3)22-9-10-23-26-25(35)14-20-13-21(34)11-12-30(20,6)27(26)28(36)29(32(22,23)8)37-19(5)33/h14,16-18,21-29,34-36H,9-13,15H2,1-8H3/t17-,18-,21-,22+,23-,24+,25+,26+,27+,28-,29+,30-,31-,32+/m0/s1. The Bertz CT molecular complexity index is 943. The lowest BCUT2D eigenvalue weighted by atomic mass is 9.44. The maximum atomic E-state index is 12.5. The van der Waals surface area contributed by atoms with E-state index in [1.54, 1.807) is 0 Å². The first-order chi connectivity index (χ1) is 17.2. The van der Waals surface area contributed by atoms with Crippen LogP contribution in [0.25, 0.3) is 0 Å². The van der Waals surface area contributed by atoms with Gasteiger partial charge in [0.1, 0.15) is 6.10 Å². The number of carbonyl (C=O) groups excluding carboxylic acids is 1. The SMILES string of the molecule is CC(=O)O[C@@H]1[C@@H](O)[C@H]2[C@@H]([C@H](O)C=C3C[C@@H](O)CC[C@@]32C)[C@@H]2CC[C@H]([C@H](C)[C@H]3C[C@@]3(C)[C@@H](C)C(C)C)[C@@]12C. The summed E-state index contributed by atoms with van der Waals surface area (Å²) in [5.41, 5.74) is 0.733. The van der Waals surface area contributed by atoms with Crippen molar-refractivity contribution in [3.8, 4) is 0 Å². The van der Waals surface area contributed by atoms with Gasteiger partial charge >= 0.3 is 5.97 Å². The van der Waals surface area contributed by atoms with Crippen LogP contribution >= 0.6 is 0 Å². The Morgan fingerprint density at radius 3 is 2.32 bits per heavy atom. The summed E-state index contributed by atoms with van der Waals surface area (Å²) in [6, 6.07) is 0. The van der Waals surface area contributed by atoms with Crippen LogP contribution in [0, 0.1) is 63.6 Å². The van der Waals surface area contributed by atoms with Crippen molar-refractivity contribution in [1.82, 2.24) is 0 Å². The molecule has 0 unspecified atom stereocenters. The van der Waals surface area contributed by atoms with Gasteiger partial charge in [0.25, 0.3) is 0 Å². The quantitative estimate of drug-likeness (QED) is 0.338. The molecule has 0 saturated heterocycles. The molecule has 5 rings (SSSR count). The van der Waals surface area contributed by atoms with Crippen molar-refractivity contribution in [1.29, 1.82) is 0 Å². The van der Waals surface area contributed by atoms with Crippen LogP contribution in [0.4, 0.5) is 0 Å². The zero-order valence-electron chi connectivity index (χ0n) is 24.4. The molecular weight excluding hydrogens is 464 g/mol. The third-order valence-corrected chi connectivity index (χ3v) is 13.2. The number of aliphatic hydroxyl groups is 3. The number of rotatable bonds is 5. The second-order valence-electron chi connectivity index (χ2n) is 15.0. The Labute approximate surface area is 224 Å². The second kappa shape index (κ2) is 9.06. The van der Waals surface area contributed by atoms with Gasteiger partial charge in [0.2, 0.25) is 0 Å². The molecule has 4 saturated carbocycles. The van der Waals surface area contributed by atoms with E-state index in [1.807, 2.05) is 6.08 Å². The summed E-state index contributed by atoms with van der Waals surface area (Å²) in [4.78, 5) is 12.5. The normalized spacial score (nSPS) is 52.4. The van der Waals surface area contributed by atoms with Gasteiger partial charge < -0.3 is 20.1 Å². The molecule has 37 heavy (non-hydrogen) atoms. The van der Waals surface area contributed by atoms with E-state index in [-0.39, 0.29) is 34.6 Å². The lowest BCUT2D eigenvalue weighted by Gasteiger charge is -2.63. The largest absolute Gasteiger partial charge is 0.459 e. The number of aliphatic hydroxyl groups excluding tert-OH is 3. The molecular formula is C32H52O5. The first kappa shape index (κ1) is 27.6. The summed E-state index contributed by atoms with van der Waals surface area (Å²) in [7, 11) is 0. The fourth-order valence-electron chi connectivity index (χ4n) is 10.7. The van der Waals surface area contributed by atoms with Gasteiger partial charge in [0, 0.05) is 18.3 Å². The van der Waals surface area contributed by atoms with Gasteiger partial charge in [-0.05, 0) is 90.8 Å². The number of carbonyl (C=O) groups is 1. The third-order valence-electron chi connectivity index (χ3n) is 13.2. The Morgan fingerprint density at radius 2 is 1.70 bits per heavy atom. The Hall–Kier alpha value is -0.910. The van der Waals surface area contributed by atoms with Crippen molar-refractivity contribution < 1.29 is 24.9 Å². The predicted octanol–water partition coefficient (Wildman–Crippen LogP) is 5.36. The maximum absolute atomic E-state index is 12.5. The molecule has 0 amide bonds. The van der Waals surface area contributed by atoms with E-state index in [4.69, 9.17) is 4.74 Å². The number of esters is 1. The minimum absolute atomic E-state index is 0.0619. The molecule has 5 nitrogen and oxygen atoms in total. The lowest BCUT2D eigenvalue weighted by Crippen LogP contribution is -2.67. The first-order valence-electron chi connectivity index (χ1n) is 15.1. The summed E-state index contributed by atoms with van der Waals surface area (Å²) < 4.78 is 6.13. The van der Waals surface area contributed by atoms with E-state index in [0.717, 1.165) is 24.8 Å². The highest BCUT2D eigenvalue weighted by Crippen LogP contribution is 2.71. The topological polar surface area (TPSA) is 87.0 Å². The smallest absolute Gasteiger partial charge is 0.303 e. The molecule has 0 bridgehead atoms. The summed E-state index contributed by atoms with van der Waals surface area (Å²) in [5, 5.41) is 34.1. The lowest BCUT2D eigenvalue weighted by molar-refractivity contribution is -0.231. The van der Waals surface area contributed by atoms with Crippen molar-refractivity contribution in [2.75, 3.05) is 0 Å². The molecule has 5 heteroatoms. The fourth-order valence-corrected chi connectivity index (χ4v) is 10.7. The van der Waals surface area contributed by atoms with E-state index in [9.17, 15) is 20.1 Å². The van der Waals surface area contributed by atoms with Crippen LogP contribution in [-0.2, 0) is 9.53 Å². The molecule has 0 heterocycles. The van der Waals surface area contributed by atoms with Gasteiger partial charge in [-0.15, -0.1) is 0 Å². The molecule has 0 aromatic carbocycles. The number of fused-ring (bicyclic) bond motifs is 5. The Balaban J connectivity index is 1.53. The molecule has 14 atom stereocenters. The number of ether oxygens (including phenoxy) is 1. The van der Waals surface area contributed by atoms with Crippen LogP contribution in [0.5, 0.6) is 0 Å². The average Bonchev–Trinajstić information content (AvgIpc) is 3.39. The zero-order chi connectivity index (χ0) is 27.2. The number of hydrogen-bond acceptors (Lipinski definition) is 5. The molecule has 4 fully saturated rings. The van der Waals surface area contributed by atoms with Crippen molar-refractivity contribution in [2.45, 2.75) is 118 Å². The summed E-state index contributed by atoms with van der Waals surface area (Å²) in [5.74, 6) is 2.35. The number of hydrogen-bond donors (Lipinski definition) is 3. The molecule has 0 aliphatic heterocycles. The molecule has 210 valence electrons. The molecule has 5 aliphatic rings. The van der Waals surface area contributed by atoms with E-state index < -0.39 is 24.4 Å². The zero-order valence-corrected chi connectivity index (χ0v) is 24.4. The second-order valence-corrected chi connectivity index (χ2v) is 15.0. The highest BCUT2D eigenvalue weighted by Gasteiger charge is 2.70. The summed E-state index contributed by atoms with van der Waals surface area (Å²) in [6.07, 6.45) is 4.91. The van der Waals surface area contributed by atoms with E-state index in [2.05, 4.69) is 48.5 Å². The van der Waals surface area contributed by atoms with Crippen LogP contribution in [0.3, 0.4) is 0 Å². The van der Waals surface area contributed by atoms with Gasteiger partial charge in [-0.25, -0.2) is 0 Å².